The molecular formula is C19H22N4O3S2. The van der Waals surface area contributed by atoms with Gasteiger partial charge in [0.25, 0.3) is 0 Å². The van der Waals surface area contributed by atoms with Crippen molar-refractivity contribution in [3.05, 3.63) is 60.6 Å². The summed E-state index contributed by atoms with van der Waals surface area (Å²) in [5.74, 6) is 2.06. The lowest BCUT2D eigenvalue weighted by Gasteiger charge is -2.12. The average Bonchev–Trinajstić information content (AvgIpc) is 3.26. The molecule has 2 aromatic heterocycles. The molecule has 0 radical (unpaired) electrons. The average molecular weight is 419 g/mol. The lowest BCUT2D eigenvalue weighted by atomic mass is 10.2. The molecule has 0 saturated carbocycles. The summed E-state index contributed by atoms with van der Waals surface area (Å²) in [6.07, 6.45) is 3.41. The summed E-state index contributed by atoms with van der Waals surface area (Å²) in [6.45, 7) is 6.26. The topological polar surface area (TPSA) is 81.2 Å². The Balaban J connectivity index is 1.85. The second kappa shape index (κ2) is 8.34. The summed E-state index contributed by atoms with van der Waals surface area (Å²) in [5.41, 5.74) is 1.78. The molecule has 0 aliphatic carbocycles. The maximum Gasteiger partial charge on any atom is 0.242 e. The maximum absolute atomic E-state index is 12.3. The molecule has 3 rings (SSSR count). The van der Waals surface area contributed by atoms with Crippen LogP contribution in [0.3, 0.4) is 0 Å². The number of hydrogen-bond donors (Lipinski definition) is 0. The van der Waals surface area contributed by atoms with E-state index in [-0.39, 0.29) is 4.90 Å². The van der Waals surface area contributed by atoms with E-state index in [2.05, 4.69) is 16.8 Å². The Morgan fingerprint density at radius 1 is 1.29 bits per heavy atom. The van der Waals surface area contributed by atoms with Gasteiger partial charge < -0.3 is 4.42 Å². The molecule has 7 nitrogen and oxygen atoms in total. The molecule has 28 heavy (non-hydrogen) atoms. The van der Waals surface area contributed by atoms with Gasteiger partial charge in [0.1, 0.15) is 5.76 Å². The monoisotopic (exact) mass is 418 g/mol. The molecule has 0 amide bonds. The first-order valence-electron chi connectivity index (χ1n) is 8.57. The lowest BCUT2D eigenvalue weighted by molar-refractivity contribution is 0.520. The number of allylic oxidation sites excluding steroid dienone is 1. The maximum atomic E-state index is 12.3. The Hall–Kier alpha value is -2.36. The van der Waals surface area contributed by atoms with Crippen LogP contribution in [0, 0.1) is 6.92 Å². The van der Waals surface area contributed by atoms with Crippen LogP contribution in [0.1, 0.15) is 11.3 Å². The van der Waals surface area contributed by atoms with Gasteiger partial charge in [-0.25, -0.2) is 12.7 Å². The molecular weight excluding hydrogens is 396 g/mol. The Labute approximate surface area is 169 Å². The number of sulfonamides is 1. The predicted octanol–water partition coefficient (Wildman–Crippen LogP) is 3.58. The van der Waals surface area contributed by atoms with Crippen LogP contribution >= 0.6 is 11.8 Å². The first-order chi connectivity index (χ1) is 13.3. The fraction of sp³-hybridized carbons (Fsp3) is 0.263. The van der Waals surface area contributed by atoms with Crippen molar-refractivity contribution in [2.24, 2.45) is 0 Å². The minimum absolute atomic E-state index is 0.276. The molecule has 3 aromatic rings. The van der Waals surface area contributed by atoms with E-state index in [9.17, 15) is 8.42 Å². The van der Waals surface area contributed by atoms with Gasteiger partial charge in [0.2, 0.25) is 10.0 Å². The molecule has 0 fully saturated rings. The minimum Gasteiger partial charge on any atom is -0.469 e. The molecule has 0 unspecified atom stereocenters. The van der Waals surface area contributed by atoms with Gasteiger partial charge >= 0.3 is 0 Å². The standard InChI is InChI=1S/C19H22N4O3S2/c1-5-10-23-18(17-9-11-26-14(17)2)20-21-19(23)27-13-15-7-6-8-16(12-15)28(24,25)22(3)4/h5-9,11-12H,1,10,13H2,2-4H3. The Bertz CT molecular complexity index is 1080. The first-order valence-corrected chi connectivity index (χ1v) is 11.0. The molecule has 0 N–H and O–H groups in total. The summed E-state index contributed by atoms with van der Waals surface area (Å²) in [6, 6.07) is 8.81. The molecule has 0 bridgehead atoms. The van der Waals surface area contributed by atoms with Gasteiger partial charge in [-0.1, -0.05) is 30.0 Å². The highest BCUT2D eigenvalue weighted by Crippen LogP contribution is 2.29. The number of thioether (sulfide) groups is 1. The zero-order valence-electron chi connectivity index (χ0n) is 16.0. The van der Waals surface area contributed by atoms with Crippen LogP contribution in [0.2, 0.25) is 0 Å². The van der Waals surface area contributed by atoms with Crippen LogP contribution in [0.5, 0.6) is 0 Å². The predicted molar refractivity (Wildman–Crippen MR) is 110 cm³/mol. The number of aromatic nitrogens is 3. The third-order valence-electron chi connectivity index (χ3n) is 4.17. The molecule has 0 atom stereocenters. The van der Waals surface area contributed by atoms with Gasteiger partial charge in [-0.15, -0.1) is 16.8 Å². The molecule has 0 spiro atoms. The SMILES string of the molecule is C=CCn1c(SCc2cccc(S(=O)(=O)N(C)C)c2)nnc1-c1ccoc1C. The molecule has 9 heteroatoms. The fourth-order valence-corrected chi connectivity index (χ4v) is 4.52. The van der Waals surface area contributed by atoms with E-state index < -0.39 is 10.0 Å². The van der Waals surface area contributed by atoms with Crippen LogP contribution in [-0.2, 0) is 22.3 Å². The van der Waals surface area contributed by atoms with E-state index in [0.717, 1.165) is 27.9 Å². The largest absolute Gasteiger partial charge is 0.469 e. The van der Waals surface area contributed by atoms with E-state index in [1.54, 1.807) is 30.5 Å². The quantitative estimate of drug-likeness (QED) is 0.411. The second-order valence-electron chi connectivity index (χ2n) is 6.32. The summed E-state index contributed by atoms with van der Waals surface area (Å²) in [5, 5.41) is 9.35. The number of benzene rings is 1. The number of rotatable bonds is 8. The van der Waals surface area contributed by atoms with E-state index in [0.29, 0.717) is 12.3 Å². The summed E-state index contributed by atoms with van der Waals surface area (Å²) >= 11 is 1.49. The van der Waals surface area contributed by atoms with Crippen molar-refractivity contribution in [2.75, 3.05) is 14.1 Å². The van der Waals surface area contributed by atoms with Crippen LogP contribution in [-0.4, -0.2) is 41.6 Å². The molecule has 148 valence electrons. The molecule has 0 saturated heterocycles. The molecule has 2 heterocycles. The fourth-order valence-electron chi connectivity index (χ4n) is 2.66. The van der Waals surface area contributed by atoms with Gasteiger partial charge in [0, 0.05) is 26.4 Å². The van der Waals surface area contributed by atoms with Gasteiger partial charge in [0.15, 0.2) is 11.0 Å². The van der Waals surface area contributed by atoms with E-state index in [1.807, 2.05) is 23.6 Å². The Morgan fingerprint density at radius 3 is 2.71 bits per heavy atom. The number of hydrogen-bond acceptors (Lipinski definition) is 6. The van der Waals surface area contributed by atoms with Gasteiger partial charge in [-0.3, -0.25) is 4.57 Å². The number of furan rings is 1. The molecule has 0 aliphatic heterocycles. The first kappa shape index (κ1) is 20.4. The van der Waals surface area contributed by atoms with E-state index in [4.69, 9.17) is 4.42 Å². The third-order valence-corrected chi connectivity index (χ3v) is 7.02. The molecule has 1 aromatic carbocycles. The summed E-state index contributed by atoms with van der Waals surface area (Å²) in [4.78, 5) is 0.276. The van der Waals surface area contributed by atoms with Gasteiger partial charge in [-0.05, 0) is 30.7 Å². The second-order valence-corrected chi connectivity index (χ2v) is 9.41. The van der Waals surface area contributed by atoms with Crippen LogP contribution in [0.4, 0.5) is 0 Å². The third kappa shape index (κ3) is 4.06. The van der Waals surface area contributed by atoms with Gasteiger partial charge in [-0.2, -0.15) is 0 Å². The Kier molecular flexibility index (Phi) is 6.07. The van der Waals surface area contributed by atoms with Crippen molar-refractivity contribution < 1.29 is 12.8 Å². The van der Waals surface area contributed by atoms with Crippen molar-refractivity contribution in [3.8, 4) is 11.4 Å². The minimum atomic E-state index is -3.46. The summed E-state index contributed by atoms with van der Waals surface area (Å²) in [7, 11) is -0.419. The van der Waals surface area contributed by atoms with Crippen LogP contribution in [0.15, 0.2) is 63.7 Å². The van der Waals surface area contributed by atoms with Crippen molar-refractivity contribution in [1.29, 1.82) is 0 Å². The number of aryl methyl sites for hydroxylation is 1. The normalized spacial score (nSPS) is 11.9. The van der Waals surface area contributed by atoms with Crippen molar-refractivity contribution in [2.45, 2.75) is 29.3 Å². The summed E-state index contributed by atoms with van der Waals surface area (Å²) < 4.78 is 33.2. The molecule has 0 aliphatic rings. The Morgan fingerprint density at radius 2 is 2.07 bits per heavy atom. The zero-order chi connectivity index (χ0) is 20.3. The van der Waals surface area contributed by atoms with E-state index in [1.165, 1.54) is 30.2 Å². The highest BCUT2D eigenvalue weighted by molar-refractivity contribution is 7.98. The van der Waals surface area contributed by atoms with Gasteiger partial charge in [0.05, 0.1) is 16.7 Å². The zero-order valence-corrected chi connectivity index (χ0v) is 17.6. The smallest absolute Gasteiger partial charge is 0.242 e. The highest BCUT2D eigenvalue weighted by Gasteiger charge is 2.19. The van der Waals surface area contributed by atoms with Crippen molar-refractivity contribution >= 4 is 21.8 Å². The van der Waals surface area contributed by atoms with Crippen molar-refractivity contribution in [1.82, 2.24) is 19.1 Å². The lowest BCUT2D eigenvalue weighted by Crippen LogP contribution is -2.22. The van der Waals surface area contributed by atoms with E-state index >= 15 is 0 Å². The van der Waals surface area contributed by atoms with Crippen LogP contribution in [0.25, 0.3) is 11.4 Å². The van der Waals surface area contributed by atoms with Crippen LogP contribution < -0.4 is 0 Å². The number of nitrogens with zero attached hydrogens (tertiary/aromatic N) is 4. The van der Waals surface area contributed by atoms with Crippen molar-refractivity contribution in [3.63, 3.8) is 0 Å². The highest BCUT2D eigenvalue weighted by atomic mass is 32.2.